The van der Waals surface area contributed by atoms with E-state index in [0.717, 1.165) is 12.5 Å². The summed E-state index contributed by atoms with van der Waals surface area (Å²) in [5.74, 6) is 0.582. The minimum Gasteiger partial charge on any atom is -0.480 e. The molecule has 0 aromatic rings. The summed E-state index contributed by atoms with van der Waals surface area (Å²) in [6.45, 7) is 3.20. The lowest BCUT2D eigenvalue weighted by molar-refractivity contribution is -0.140. The van der Waals surface area contributed by atoms with Crippen molar-refractivity contribution in [3.63, 3.8) is 0 Å². The highest BCUT2D eigenvalue weighted by Crippen LogP contribution is 2.36. The van der Waals surface area contributed by atoms with Crippen molar-refractivity contribution in [2.24, 2.45) is 11.8 Å². The van der Waals surface area contributed by atoms with Gasteiger partial charge in [-0.1, -0.05) is 6.92 Å². The number of carboxylic acids is 1. The lowest BCUT2D eigenvalue weighted by atomic mass is 10.3. The molecule has 0 saturated heterocycles. The molecule has 0 heterocycles. The number of ether oxygens (including phenoxy) is 1. The van der Waals surface area contributed by atoms with Gasteiger partial charge in [0.2, 0.25) is 0 Å². The summed E-state index contributed by atoms with van der Waals surface area (Å²) in [7, 11) is 1.51. The minimum absolute atomic E-state index is 0.233. The number of hydrogen-bond acceptors (Lipinski definition) is 3. The second-order valence-electron chi connectivity index (χ2n) is 3.73. The first-order valence-corrected chi connectivity index (χ1v) is 4.60. The second kappa shape index (κ2) is 4.58. The Balaban J connectivity index is 2.18. The Kier molecular flexibility index (Phi) is 3.69. The first-order valence-electron chi connectivity index (χ1n) is 4.60. The Labute approximate surface area is 78.3 Å². The van der Waals surface area contributed by atoms with Gasteiger partial charge in [0.25, 0.3) is 0 Å². The largest absolute Gasteiger partial charge is 0.480 e. The van der Waals surface area contributed by atoms with Gasteiger partial charge in [-0.3, -0.25) is 4.79 Å². The molecule has 4 nitrogen and oxygen atoms in total. The highest BCUT2D eigenvalue weighted by atomic mass is 16.5. The van der Waals surface area contributed by atoms with Gasteiger partial charge in [-0.2, -0.15) is 0 Å². The molecule has 1 rings (SSSR count). The van der Waals surface area contributed by atoms with Crippen LogP contribution in [0.3, 0.4) is 0 Å². The maximum absolute atomic E-state index is 10.7. The van der Waals surface area contributed by atoms with Crippen LogP contribution in [-0.2, 0) is 9.53 Å². The minimum atomic E-state index is -0.838. The molecule has 4 heteroatoms. The molecule has 0 bridgehead atoms. The highest BCUT2D eigenvalue weighted by Gasteiger charge is 2.33. The van der Waals surface area contributed by atoms with Crippen molar-refractivity contribution in [3.05, 3.63) is 0 Å². The molecule has 0 aromatic carbocycles. The number of carboxylic acid groups (broad SMARTS) is 1. The van der Waals surface area contributed by atoms with Gasteiger partial charge in [0.1, 0.15) is 6.04 Å². The van der Waals surface area contributed by atoms with Crippen LogP contribution in [0, 0.1) is 11.8 Å². The van der Waals surface area contributed by atoms with E-state index in [1.54, 1.807) is 0 Å². The summed E-state index contributed by atoms with van der Waals surface area (Å²) in [5, 5.41) is 11.7. The third kappa shape index (κ3) is 3.32. The highest BCUT2D eigenvalue weighted by molar-refractivity contribution is 5.73. The number of methoxy groups -OCH3 is 1. The molecular formula is C9H17NO3. The number of hydrogen-bond donors (Lipinski definition) is 2. The zero-order chi connectivity index (χ0) is 9.84. The van der Waals surface area contributed by atoms with Crippen LogP contribution in [0.2, 0.25) is 0 Å². The van der Waals surface area contributed by atoms with Crippen LogP contribution in [0.5, 0.6) is 0 Å². The molecule has 2 N–H and O–H groups in total. The molecule has 1 aliphatic carbocycles. The fraction of sp³-hybridized carbons (Fsp3) is 0.889. The molecule has 3 atom stereocenters. The number of rotatable bonds is 6. The topological polar surface area (TPSA) is 58.6 Å². The van der Waals surface area contributed by atoms with Crippen molar-refractivity contribution >= 4 is 5.97 Å². The SMILES string of the molecule is COCC(NCC1CC1C)C(=O)O. The Hall–Kier alpha value is -0.610. The smallest absolute Gasteiger partial charge is 0.323 e. The van der Waals surface area contributed by atoms with E-state index in [1.165, 1.54) is 13.5 Å². The third-order valence-corrected chi connectivity index (χ3v) is 2.53. The fourth-order valence-electron chi connectivity index (χ4n) is 1.36. The fourth-order valence-corrected chi connectivity index (χ4v) is 1.36. The molecule has 13 heavy (non-hydrogen) atoms. The van der Waals surface area contributed by atoms with Crippen molar-refractivity contribution in [1.29, 1.82) is 0 Å². The average molecular weight is 187 g/mol. The van der Waals surface area contributed by atoms with Crippen molar-refractivity contribution in [2.75, 3.05) is 20.3 Å². The van der Waals surface area contributed by atoms with Gasteiger partial charge in [0.15, 0.2) is 0 Å². The maximum atomic E-state index is 10.7. The van der Waals surface area contributed by atoms with Crippen LogP contribution in [0.1, 0.15) is 13.3 Å². The number of nitrogens with one attached hydrogen (secondary N) is 1. The number of aliphatic carboxylic acids is 1. The van der Waals surface area contributed by atoms with Crippen LogP contribution in [0.4, 0.5) is 0 Å². The zero-order valence-corrected chi connectivity index (χ0v) is 8.12. The molecule has 0 aromatic heterocycles. The molecule has 0 aliphatic heterocycles. The monoisotopic (exact) mass is 187 g/mol. The summed E-state index contributed by atoms with van der Waals surface area (Å²) in [4.78, 5) is 10.7. The molecule has 3 unspecified atom stereocenters. The summed E-state index contributed by atoms with van der Waals surface area (Å²) >= 11 is 0. The summed E-state index contributed by atoms with van der Waals surface area (Å²) in [6, 6.07) is -0.558. The predicted molar refractivity (Wildman–Crippen MR) is 48.6 cm³/mol. The molecule has 76 valence electrons. The normalized spacial score (nSPS) is 28.5. The molecule has 0 spiro atoms. The van der Waals surface area contributed by atoms with E-state index in [-0.39, 0.29) is 6.61 Å². The Morgan fingerprint density at radius 2 is 2.38 bits per heavy atom. The van der Waals surface area contributed by atoms with Crippen LogP contribution in [-0.4, -0.2) is 37.4 Å². The Morgan fingerprint density at radius 1 is 1.77 bits per heavy atom. The van der Waals surface area contributed by atoms with Crippen molar-refractivity contribution in [3.8, 4) is 0 Å². The van der Waals surface area contributed by atoms with Gasteiger partial charge in [-0.05, 0) is 24.8 Å². The predicted octanol–water partition coefficient (Wildman–Crippen LogP) is 0.332. The molecule has 1 fully saturated rings. The van der Waals surface area contributed by atoms with Gasteiger partial charge in [0, 0.05) is 7.11 Å². The van der Waals surface area contributed by atoms with Crippen LogP contribution in [0.25, 0.3) is 0 Å². The van der Waals surface area contributed by atoms with E-state index in [4.69, 9.17) is 9.84 Å². The van der Waals surface area contributed by atoms with Gasteiger partial charge in [0.05, 0.1) is 6.61 Å². The van der Waals surface area contributed by atoms with Gasteiger partial charge < -0.3 is 15.2 Å². The van der Waals surface area contributed by atoms with E-state index < -0.39 is 12.0 Å². The van der Waals surface area contributed by atoms with E-state index in [0.29, 0.717) is 5.92 Å². The van der Waals surface area contributed by atoms with Gasteiger partial charge in [-0.15, -0.1) is 0 Å². The summed E-state index contributed by atoms with van der Waals surface area (Å²) in [6.07, 6.45) is 1.21. The van der Waals surface area contributed by atoms with E-state index >= 15 is 0 Å². The van der Waals surface area contributed by atoms with Crippen molar-refractivity contribution in [2.45, 2.75) is 19.4 Å². The standard InChI is InChI=1S/C9H17NO3/c1-6-3-7(6)4-10-8(5-13-2)9(11)12/h6-8,10H,3-5H2,1-2H3,(H,11,12). The molecule has 0 amide bonds. The summed E-state index contributed by atoms with van der Waals surface area (Å²) in [5.41, 5.74) is 0. The molecule has 1 aliphatic rings. The lowest BCUT2D eigenvalue weighted by Crippen LogP contribution is -2.41. The lowest BCUT2D eigenvalue weighted by Gasteiger charge is -2.12. The Bertz CT molecular complexity index is 184. The van der Waals surface area contributed by atoms with Crippen molar-refractivity contribution < 1.29 is 14.6 Å². The van der Waals surface area contributed by atoms with Crippen LogP contribution in [0.15, 0.2) is 0 Å². The second-order valence-corrected chi connectivity index (χ2v) is 3.73. The van der Waals surface area contributed by atoms with Crippen molar-refractivity contribution in [1.82, 2.24) is 5.32 Å². The molecular weight excluding hydrogens is 170 g/mol. The van der Waals surface area contributed by atoms with E-state index in [1.807, 2.05) is 0 Å². The Morgan fingerprint density at radius 3 is 2.77 bits per heavy atom. The maximum Gasteiger partial charge on any atom is 0.323 e. The zero-order valence-electron chi connectivity index (χ0n) is 8.12. The first kappa shape index (κ1) is 10.5. The number of carbonyl (C=O) groups is 1. The van der Waals surface area contributed by atoms with E-state index in [2.05, 4.69) is 12.2 Å². The van der Waals surface area contributed by atoms with Gasteiger partial charge >= 0.3 is 5.97 Å². The third-order valence-electron chi connectivity index (χ3n) is 2.53. The average Bonchev–Trinajstić information content (AvgIpc) is 2.75. The summed E-state index contributed by atoms with van der Waals surface area (Å²) < 4.78 is 4.80. The first-order chi connectivity index (χ1) is 6.15. The van der Waals surface area contributed by atoms with Crippen LogP contribution < -0.4 is 5.32 Å². The molecule has 0 radical (unpaired) electrons. The van der Waals surface area contributed by atoms with Gasteiger partial charge in [-0.25, -0.2) is 0 Å². The quantitative estimate of drug-likeness (QED) is 0.629. The van der Waals surface area contributed by atoms with Crippen LogP contribution >= 0.6 is 0 Å². The van der Waals surface area contributed by atoms with E-state index in [9.17, 15) is 4.79 Å². The molecule has 1 saturated carbocycles.